The summed E-state index contributed by atoms with van der Waals surface area (Å²) in [6, 6.07) is -2.26. The van der Waals surface area contributed by atoms with Crippen LogP contribution in [0.2, 0.25) is 0 Å². The minimum absolute atomic E-state index is 0.0436. The maximum atomic E-state index is 13.9. The molecular formula is C56H87N5O27. The second-order valence-corrected chi connectivity index (χ2v) is 22.0. The highest BCUT2D eigenvalue weighted by Gasteiger charge is 2.58. The van der Waals surface area contributed by atoms with E-state index in [1.54, 1.807) is 12.1 Å². The molecular weight excluding hydrogens is 1170 g/mol. The first kappa shape index (κ1) is 72.2. The van der Waals surface area contributed by atoms with E-state index < -0.39 is 216 Å². The molecule has 1 aromatic carbocycles. The van der Waals surface area contributed by atoms with Crippen LogP contribution in [0.4, 0.5) is 0 Å². The van der Waals surface area contributed by atoms with Crippen molar-refractivity contribution in [3.05, 3.63) is 29.8 Å². The Hall–Kier alpha value is -4.91. The summed E-state index contributed by atoms with van der Waals surface area (Å²) >= 11 is 0. The van der Waals surface area contributed by atoms with E-state index >= 15 is 0 Å². The average Bonchev–Trinajstić information content (AvgIpc) is 1.44. The molecule has 5 amide bonds. The zero-order valence-electron chi connectivity index (χ0n) is 49.4. The highest BCUT2D eigenvalue weighted by Crippen LogP contribution is 2.36. The summed E-state index contributed by atoms with van der Waals surface area (Å²) in [5, 5.41) is 145. The zero-order chi connectivity index (χ0) is 64.5. The van der Waals surface area contributed by atoms with Gasteiger partial charge >= 0.3 is 0 Å². The molecule has 0 aliphatic carbocycles. The van der Waals surface area contributed by atoms with Crippen LogP contribution < -0.4 is 31.3 Å². The average molecular weight is 1260 g/mol. The number of rotatable bonds is 27. The summed E-state index contributed by atoms with van der Waals surface area (Å²) in [5.74, 6) is 2.72. The maximum Gasteiger partial charge on any atom is 0.251 e. The van der Waals surface area contributed by atoms with Crippen LogP contribution in [0.3, 0.4) is 0 Å². The smallest absolute Gasteiger partial charge is 0.251 e. The number of hydrogen-bond acceptors (Lipinski definition) is 27. The van der Waals surface area contributed by atoms with E-state index in [0.717, 1.165) is 53.4 Å². The SMILES string of the molecule is CCCCCCC#CCCCOc1cccc(C(=O)N[C@@H]2C(O[C@H]3C(O)C(NC(C)=O)C(OC4C(CO)O[C@@H](O[C@H]5C(O)C(NC(C)=O)[C@H](OC6C(CO)OC(O)[C@@H](NC(C)=O)[C@H]6O)O[C@H]5CO)[C@@H](NC(C)=O)[C@H]4O)O[C@H]3CO)OC(CO)[C@@H](O)[C@@H]2O)c1. The van der Waals surface area contributed by atoms with Gasteiger partial charge in [-0.15, -0.1) is 11.8 Å². The predicted molar refractivity (Wildman–Crippen MR) is 296 cm³/mol. The van der Waals surface area contributed by atoms with E-state index in [1.807, 2.05) is 0 Å². The lowest BCUT2D eigenvalue weighted by molar-refractivity contribution is -0.367. The quantitative estimate of drug-likeness (QED) is 0.0288. The molecule has 5 aliphatic rings. The zero-order valence-corrected chi connectivity index (χ0v) is 49.4. The molecule has 5 saturated heterocycles. The third kappa shape index (κ3) is 18.6. The molecule has 1 aromatic rings. The summed E-state index contributed by atoms with van der Waals surface area (Å²) < 4.78 is 59.8. The van der Waals surface area contributed by atoms with Crippen LogP contribution in [0.15, 0.2) is 24.3 Å². The summed E-state index contributed by atoms with van der Waals surface area (Å²) in [7, 11) is 0. The van der Waals surface area contributed by atoms with Crippen LogP contribution in [0, 0.1) is 11.8 Å². The molecule has 12 unspecified atom stereocenters. The van der Waals surface area contributed by atoms with Crippen molar-refractivity contribution < 1.29 is 133 Å². The van der Waals surface area contributed by atoms with Gasteiger partial charge in [0, 0.05) is 46.1 Å². The monoisotopic (exact) mass is 1260 g/mol. The third-order valence-electron chi connectivity index (χ3n) is 15.3. The van der Waals surface area contributed by atoms with Gasteiger partial charge in [0.2, 0.25) is 23.6 Å². The number of unbranched alkanes of at least 4 members (excludes halogenated alkanes) is 5. The normalized spacial score (nSPS) is 37.5. The first-order valence-corrected chi connectivity index (χ1v) is 29.3. The molecule has 32 nitrogen and oxygen atoms in total. The van der Waals surface area contributed by atoms with Gasteiger partial charge < -0.3 is 135 Å². The van der Waals surface area contributed by atoms with E-state index in [-0.39, 0.29) is 5.56 Å². The fourth-order valence-corrected chi connectivity index (χ4v) is 11.0. The van der Waals surface area contributed by atoms with Crippen molar-refractivity contribution >= 4 is 29.5 Å². The Morgan fingerprint density at radius 3 is 1.24 bits per heavy atom. The Labute approximate surface area is 507 Å². The van der Waals surface area contributed by atoms with Crippen LogP contribution in [0.5, 0.6) is 5.75 Å². The van der Waals surface area contributed by atoms with Crippen molar-refractivity contribution in [1.29, 1.82) is 0 Å². The molecule has 6 rings (SSSR count). The molecule has 498 valence electrons. The van der Waals surface area contributed by atoms with Crippen molar-refractivity contribution in [3.8, 4) is 17.6 Å². The molecule has 0 radical (unpaired) electrons. The van der Waals surface area contributed by atoms with Crippen molar-refractivity contribution in [2.24, 2.45) is 0 Å². The first-order valence-electron chi connectivity index (χ1n) is 29.3. The Balaban J connectivity index is 1.18. The fraction of sp³-hybridized carbons (Fsp3) is 0.768. The number of amides is 5. The summed E-state index contributed by atoms with van der Waals surface area (Å²) in [4.78, 5) is 64.1. The molecule has 88 heavy (non-hydrogen) atoms. The van der Waals surface area contributed by atoms with Gasteiger partial charge in [-0.3, -0.25) is 24.0 Å². The predicted octanol–water partition coefficient (Wildman–Crippen LogP) is -6.78. The fourth-order valence-electron chi connectivity index (χ4n) is 11.0. The number of ether oxygens (including phenoxy) is 10. The van der Waals surface area contributed by atoms with Gasteiger partial charge in [-0.05, 0) is 31.0 Å². The van der Waals surface area contributed by atoms with Crippen molar-refractivity contribution in [3.63, 3.8) is 0 Å². The summed E-state index contributed by atoms with van der Waals surface area (Å²) in [5.41, 5.74) is 0.0436. The molecule has 0 spiro atoms. The minimum Gasteiger partial charge on any atom is -0.494 e. The topological polar surface area (TPSA) is 481 Å². The number of benzene rings is 1. The van der Waals surface area contributed by atoms with Crippen LogP contribution in [0.25, 0.3) is 0 Å². The maximum absolute atomic E-state index is 13.9. The lowest BCUT2D eigenvalue weighted by Crippen LogP contribution is -2.72. The lowest BCUT2D eigenvalue weighted by atomic mass is 9.93. The van der Waals surface area contributed by atoms with Gasteiger partial charge in [0.1, 0.15) is 128 Å². The number of carbonyl (C=O) groups excluding carboxylic acids is 5. The number of aliphatic hydroxyl groups is 12. The number of aliphatic hydroxyl groups excluding tert-OH is 12. The molecule has 5 fully saturated rings. The van der Waals surface area contributed by atoms with Gasteiger partial charge in [0.05, 0.1) is 39.6 Å². The number of hydrogen-bond donors (Lipinski definition) is 17. The van der Waals surface area contributed by atoms with Crippen molar-refractivity contribution in [2.45, 2.75) is 233 Å². The molecule has 0 saturated carbocycles. The third-order valence-corrected chi connectivity index (χ3v) is 15.3. The van der Waals surface area contributed by atoms with E-state index in [9.17, 15) is 85.3 Å². The lowest BCUT2D eigenvalue weighted by Gasteiger charge is -2.51. The van der Waals surface area contributed by atoms with Gasteiger partial charge in [0.25, 0.3) is 5.91 Å². The Kier molecular flexibility index (Phi) is 28.3. The Bertz CT molecular complexity index is 2460. The van der Waals surface area contributed by atoms with Gasteiger partial charge in [-0.2, -0.15) is 0 Å². The molecule has 0 aromatic heterocycles. The molecule has 5 aliphatic heterocycles. The highest BCUT2D eigenvalue weighted by molar-refractivity contribution is 5.94. The molecule has 17 N–H and O–H groups in total. The van der Waals surface area contributed by atoms with Crippen LogP contribution in [0.1, 0.15) is 89.9 Å². The Morgan fingerprint density at radius 2 is 0.830 bits per heavy atom. The minimum atomic E-state index is -2.03. The molecule has 5 heterocycles. The van der Waals surface area contributed by atoms with Crippen molar-refractivity contribution in [2.75, 3.05) is 39.6 Å². The largest absolute Gasteiger partial charge is 0.494 e. The van der Waals surface area contributed by atoms with E-state index in [1.165, 1.54) is 18.6 Å². The summed E-state index contributed by atoms with van der Waals surface area (Å²) in [6.45, 7) is 1.92. The van der Waals surface area contributed by atoms with Gasteiger partial charge in [0.15, 0.2) is 31.5 Å². The number of nitrogens with one attached hydrogen (secondary N) is 5. The number of carbonyl (C=O) groups is 5. The van der Waals surface area contributed by atoms with E-state index in [4.69, 9.17) is 47.4 Å². The van der Waals surface area contributed by atoms with Gasteiger partial charge in [-0.1, -0.05) is 32.3 Å². The molecule has 32 heteroatoms. The van der Waals surface area contributed by atoms with E-state index in [2.05, 4.69) is 45.3 Å². The van der Waals surface area contributed by atoms with Gasteiger partial charge in [-0.25, -0.2) is 0 Å². The molecule has 25 atom stereocenters. The Morgan fingerprint density at radius 1 is 0.455 bits per heavy atom. The van der Waals surface area contributed by atoms with Crippen molar-refractivity contribution in [1.82, 2.24) is 26.6 Å². The second-order valence-electron chi connectivity index (χ2n) is 22.0. The summed E-state index contributed by atoms with van der Waals surface area (Å²) in [6.07, 6.45) is -29.4. The highest BCUT2D eigenvalue weighted by atomic mass is 16.8. The van der Waals surface area contributed by atoms with E-state index in [0.29, 0.717) is 25.2 Å². The standard InChI is InChI=1S/C56H87N5O27/c1-6-7-8-9-10-11-12-13-14-18-79-30-17-15-16-29(19-30)51(77)61-37-42(72)41(71)31(20-62)81-53(37)86-48-33(22-64)83-55(39(44(48)74)59-27(4)69)88-50-35(24-66)84-56(40(46(50)76)60-28(5)70)87-49-34(23-65)82-54(38(45(49)75)58-26(3)68)85-47-32(21-63)80-52(78)36(43(47)73)57-25(2)67/h15-17,19,31-50,52-56,62-66,71-76,78H,6-10,13-14,18,20-24H2,1-5H3,(H,57,67)(H,58,68)(H,59,69)(H,60,70)(H,61,77)/t31?,32?,33-,34-,35?,36-,37-,38?,39?,40-,41+,42+,43+,44?,45?,46+,47?,48+,49+,50?,52?,53?,54-,55?,56-/m0/s1. The van der Waals surface area contributed by atoms with Crippen LogP contribution in [-0.4, -0.2) is 284 Å². The molecule has 0 bridgehead atoms. The first-order chi connectivity index (χ1) is 42.0. The van der Waals surface area contributed by atoms with Crippen LogP contribution >= 0.6 is 0 Å². The van der Waals surface area contributed by atoms with Crippen LogP contribution in [-0.2, 0) is 61.8 Å². The second kappa shape index (κ2) is 34.5.